The first-order valence-corrected chi connectivity index (χ1v) is 7.92. The van der Waals surface area contributed by atoms with E-state index in [-0.39, 0.29) is 36.5 Å². The van der Waals surface area contributed by atoms with Gasteiger partial charge >= 0.3 is 0 Å². The number of aromatic nitrogens is 1. The number of hydrogen-bond acceptors (Lipinski definition) is 4. The second-order valence-electron chi connectivity index (χ2n) is 5.08. The SMILES string of the molecule is C=CCNC(=O)c1coc(CN(CC=C)C(=O)c2ccccc2Cl)n1. The number of nitrogens with zero attached hydrogens (tertiary/aromatic N) is 2. The maximum absolute atomic E-state index is 12.7. The van der Waals surface area contributed by atoms with Crippen LogP contribution in [0.1, 0.15) is 26.7 Å². The summed E-state index contributed by atoms with van der Waals surface area (Å²) < 4.78 is 5.30. The van der Waals surface area contributed by atoms with Gasteiger partial charge in [-0.1, -0.05) is 35.9 Å². The van der Waals surface area contributed by atoms with Gasteiger partial charge in [0.05, 0.1) is 17.1 Å². The van der Waals surface area contributed by atoms with Crippen LogP contribution in [-0.2, 0) is 6.54 Å². The van der Waals surface area contributed by atoms with E-state index in [1.807, 2.05) is 0 Å². The Morgan fingerprint density at radius 3 is 2.72 bits per heavy atom. The lowest BCUT2D eigenvalue weighted by Gasteiger charge is -2.20. The summed E-state index contributed by atoms with van der Waals surface area (Å²) in [6, 6.07) is 6.77. The Morgan fingerprint density at radius 2 is 2.04 bits per heavy atom. The number of carbonyl (C=O) groups excluding carboxylic acids is 2. The molecule has 0 radical (unpaired) electrons. The third-order valence-electron chi connectivity index (χ3n) is 3.26. The molecule has 0 saturated carbocycles. The summed E-state index contributed by atoms with van der Waals surface area (Å²) >= 11 is 6.09. The fraction of sp³-hybridized carbons (Fsp3) is 0.167. The van der Waals surface area contributed by atoms with Crippen molar-refractivity contribution in [2.45, 2.75) is 6.54 Å². The predicted octanol–water partition coefficient (Wildman–Crippen LogP) is 3.07. The van der Waals surface area contributed by atoms with Crippen LogP contribution in [0, 0.1) is 0 Å². The summed E-state index contributed by atoms with van der Waals surface area (Å²) in [6.45, 7) is 7.88. The quantitative estimate of drug-likeness (QED) is 0.735. The Morgan fingerprint density at radius 1 is 1.28 bits per heavy atom. The Bertz CT molecular complexity index is 785. The lowest BCUT2D eigenvalue weighted by molar-refractivity contribution is 0.0749. The zero-order valence-electron chi connectivity index (χ0n) is 13.6. The maximum Gasteiger partial charge on any atom is 0.273 e. The van der Waals surface area contributed by atoms with Gasteiger partial charge in [0.2, 0.25) is 5.89 Å². The molecule has 2 aromatic rings. The Hall–Kier alpha value is -2.86. The molecule has 0 saturated heterocycles. The van der Waals surface area contributed by atoms with Gasteiger partial charge in [0.25, 0.3) is 11.8 Å². The Balaban J connectivity index is 2.14. The van der Waals surface area contributed by atoms with Gasteiger partial charge < -0.3 is 14.6 Å². The van der Waals surface area contributed by atoms with E-state index in [4.69, 9.17) is 16.0 Å². The highest BCUT2D eigenvalue weighted by molar-refractivity contribution is 6.33. The number of benzene rings is 1. The van der Waals surface area contributed by atoms with E-state index in [0.717, 1.165) is 0 Å². The molecular formula is C18H18ClN3O3. The van der Waals surface area contributed by atoms with Crippen molar-refractivity contribution in [3.63, 3.8) is 0 Å². The second kappa shape index (κ2) is 8.84. The zero-order valence-corrected chi connectivity index (χ0v) is 14.3. The number of hydrogen-bond donors (Lipinski definition) is 1. The van der Waals surface area contributed by atoms with Crippen molar-refractivity contribution in [3.8, 4) is 0 Å². The normalized spacial score (nSPS) is 10.1. The number of carbonyl (C=O) groups is 2. The van der Waals surface area contributed by atoms with Gasteiger partial charge in [-0.15, -0.1) is 13.2 Å². The number of halogens is 1. The molecule has 1 aromatic carbocycles. The number of rotatable bonds is 8. The van der Waals surface area contributed by atoms with E-state index in [2.05, 4.69) is 23.5 Å². The van der Waals surface area contributed by atoms with Crippen molar-refractivity contribution >= 4 is 23.4 Å². The first kappa shape index (κ1) is 18.5. The fourth-order valence-electron chi connectivity index (χ4n) is 2.09. The number of amides is 2. The minimum Gasteiger partial charge on any atom is -0.446 e. The van der Waals surface area contributed by atoms with Crippen LogP contribution in [0.15, 0.2) is 60.3 Å². The molecule has 6 nitrogen and oxygen atoms in total. The highest BCUT2D eigenvalue weighted by Crippen LogP contribution is 2.18. The first-order chi connectivity index (χ1) is 12.1. The van der Waals surface area contributed by atoms with Crippen LogP contribution in [0.4, 0.5) is 0 Å². The van der Waals surface area contributed by atoms with Crippen molar-refractivity contribution in [3.05, 3.63) is 78.0 Å². The highest BCUT2D eigenvalue weighted by atomic mass is 35.5. The largest absolute Gasteiger partial charge is 0.446 e. The summed E-state index contributed by atoms with van der Waals surface area (Å²) in [5.74, 6) is -0.407. The standard InChI is InChI=1S/C18H18ClN3O3/c1-3-9-20-17(23)15-12-25-16(21-15)11-22(10-4-2)18(24)13-7-5-6-8-14(13)19/h3-8,12H,1-2,9-11H2,(H,20,23). The van der Waals surface area contributed by atoms with Crippen molar-refractivity contribution in [1.82, 2.24) is 15.2 Å². The van der Waals surface area contributed by atoms with Gasteiger partial charge in [0, 0.05) is 13.1 Å². The van der Waals surface area contributed by atoms with Gasteiger partial charge in [-0.2, -0.15) is 0 Å². The van der Waals surface area contributed by atoms with Crippen LogP contribution in [0.3, 0.4) is 0 Å². The third kappa shape index (κ3) is 4.81. The summed E-state index contributed by atoms with van der Waals surface area (Å²) in [6.07, 6.45) is 4.40. The van der Waals surface area contributed by atoms with E-state index >= 15 is 0 Å². The lowest BCUT2D eigenvalue weighted by Crippen LogP contribution is -2.31. The Labute approximate surface area is 150 Å². The van der Waals surface area contributed by atoms with Crippen LogP contribution in [0.5, 0.6) is 0 Å². The molecule has 2 amide bonds. The summed E-state index contributed by atoms with van der Waals surface area (Å²) in [7, 11) is 0. The van der Waals surface area contributed by atoms with Crippen LogP contribution in [0.2, 0.25) is 5.02 Å². The molecule has 7 heteroatoms. The van der Waals surface area contributed by atoms with E-state index in [1.54, 1.807) is 36.4 Å². The molecule has 0 bridgehead atoms. The van der Waals surface area contributed by atoms with E-state index in [0.29, 0.717) is 17.1 Å². The average Bonchev–Trinajstić information content (AvgIpc) is 3.08. The molecule has 1 aromatic heterocycles. The number of oxazole rings is 1. The van der Waals surface area contributed by atoms with Gasteiger partial charge in [-0.05, 0) is 12.1 Å². The predicted molar refractivity (Wildman–Crippen MR) is 95.4 cm³/mol. The molecule has 1 heterocycles. The highest BCUT2D eigenvalue weighted by Gasteiger charge is 2.20. The van der Waals surface area contributed by atoms with Crippen LogP contribution in [0.25, 0.3) is 0 Å². The van der Waals surface area contributed by atoms with Crippen LogP contribution < -0.4 is 5.32 Å². The fourth-order valence-corrected chi connectivity index (χ4v) is 2.30. The molecule has 25 heavy (non-hydrogen) atoms. The summed E-state index contributed by atoms with van der Waals surface area (Å²) in [5.41, 5.74) is 0.516. The van der Waals surface area contributed by atoms with Crippen molar-refractivity contribution in [2.75, 3.05) is 13.1 Å². The molecule has 0 fully saturated rings. The molecule has 0 atom stereocenters. The van der Waals surface area contributed by atoms with E-state index < -0.39 is 0 Å². The summed E-state index contributed by atoms with van der Waals surface area (Å²) in [4.78, 5) is 30.1. The van der Waals surface area contributed by atoms with Crippen molar-refractivity contribution < 1.29 is 14.0 Å². The number of nitrogens with one attached hydrogen (secondary N) is 1. The minimum atomic E-state index is -0.373. The molecule has 2 rings (SSSR count). The summed E-state index contributed by atoms with van der Waals surface area (Å²) in [5, 5.41) is 2.96. The molecule has 0 unspecified atom stereocenters. The maximum atomic E-state index is 12.7. The first-order valence-electron chi connectivity index (χ1n) is 7.55. The van der Waals surface area contributed by atoms with E-state index in [9.17, 15) is 9.59 Å². The molecule has 1 N–H and O–H groups in total. The molecule has 0 spiro atoms. The lowest BCUT2D eigenvalue weighted by atomic mass is 10.2. The van der Waals surface area contributed by atoms with Crippen molar-refractivity contribution in [2.24, 2.45) is 0 Å². The van der Waals surface area contributed by atoms with Gasteiger partial charge in [0.1, 0.15) is 6.26 Å². The zero-order chi connectivity index (χ0) is 18.2. The van der Waals surface area contributed by atoms with Gasteiger partial charge in [-0.3, -0.25) is 9.59 Å². The average molecular weight is 360 g/mol. The molecule has 0 aliphatic heterocycles. The molecular weight excluding hydrogens is 342 g/mol. The Kier molecular flexibility index (Phi) is 6.54. The molecule has 0 aliphatic rings. The van der Waals surface area contributed by atoms with E-state index in [1.165, 1.54) is 11.2 Å². The third-order valence-corrected chi connectivity index (χ3v) is 3.59. The molecule has 130 valence electrons. The smallest absolute Gasteiger partial charge is 0.273 e. The van der Waals surface area contributed by atoms with Crippen LogP contribution in [-0.4, -0.2) is 34.8 Å². The van der Waals surface area contributed by atoms with Gasteiger partial charge in [-0.25, -0.2) is 4.98 Å². The monoisotopic (exact) mass is 359 g/mol. The second-order valence-corrected chi connectivity index (χ2v) is 5.49. The van der Waals surface area contributed by atoms with Crippen LogP contribution >= 0.6 is 11.6 Å². The topological polar surface area (TPSA) is 75.4 Å². The molecule has 0 aliphatic carbocycles. The van der Waals surface area contributed by atoms with Crippen molar-refractivity contribution in [1.29, 1.82) is 0 Å². The van der Waals surface area contributed by atoms with Gasteiger partial charge in [0.15, 0.2) is 5.69 Å². The minimum absolute atomic E-state index is 0.0881.